The first-order valence-corrected chi connectivity index (χ1v) is 8.02. The van der Waals surface area contributed by atoms with Gasteiger partial charge in [0.25, 0.3) is 5.91 Å². The normalized spacial score (nSPS) is 9.95. The fraction of sp³-hybridized carbons (Fsp3) is 0.0667. The van der Waals surface area contributed by atoms with E-state index in [9.17, 15) is 4.79 Å². The minimum absolute atomic E-state index is 0.225. The van der Waals surface area contributed by atoms with Crippen molar-refractivity contribution in [3.63, 3.8) is 0 Å². The van der Waals surface area contributed by atoms with E-state index in [0.29, 0.717) is 11.3 Å². The predicted octanol–water partition coefficient (Wildman–Crippen LogP) is 4.05. The zero-order valence-electron chi connectivity index (χ0n) is 11.7. The highest BCUT2D eigenvalue weighted by molar-refractivity contribution is 9.10. The Labute approximate surface area is 145 Å². The molecule has 0 radical (unpaired) electrons. The molecule has 0 aliphatic carbocycles. The number of anilines is 1. The van der Waals surface area contributed by atoms with Gasteiger partial charge >= 0.3 is 0 Å². The van der Waals surface area contributed by atoms with E-state index in [2.05, 4.69) is 36.0 Å². The van der Waals surface area contributed by atoms with Crippen molar-refractivity contribution in [1.82, 2.24) is 5.32 Å². The maximum atomic E-state index is 12.3. The molecule has 0 bridgehead atoms. The molecule has 0 heterocycles. The largest absolute Gasteiger partial charge is 0.480 e. The van der Waals surface area contributed by atoms with Gasteiger partial charge in [-0.05, 0) is 49.5 Å². The van der Waals surface area contributed by atoms with E-state index in [1.54, 1.807) is 18.2 Å². The molecule has 2 aromatic rings. The van der Waals surface area contributed by atoms with E-state index in [1.165, 1.54) is 0 Å². The van der Waals surface area contributed by atoms with Crippen LogP contribution in [-0.2, 0) is 0 Å². The second-order valence-electron chi connectivity index (χ2n) is 4.53. The highest BCUT2D eigenvalue weighted by Crippen LogP contribution is 2.24. The lowest BCUT2D eigenvalue weighted by atomic mass is 10.2. The topological polar surface area (TPSA) is 50.4 Å². The summed E-state index contributed by atoms with van der Waals surface area (Å²) in [6.07, 6.45) is 0. The van der Waals surface area contributed by atoms with Crippen LogP contribution in [0, 0.1) is 6.92 Å². The monoisotopic (exact) mass is 396 g/mol. The summed E-state index contributed by atoms with van der Waals surface area (Å²) in [5.41, 5.74) is 2.35. The maximum Gasteiger partial charge on any atom is 0.261 e. The van der Waals surface area contributed by atoms with Gasteiger partial charge in [-0.15, -0.1) is 0 Å². The Balaban J connectivity index is 2.06. The lowest BCUT2D eigenvalue weighted by molar-refractivity contribution is 0.0976. The fourth-order valence-electron chi connectivity index (χ4n) is 1.75. The molecule has 0 fully saturated rings. The van der Waals surface area contributed by atoms with Crippen LogP contribution >= 0.6 is 37.6 Å². The van der Waals surface area contributed by atoms with Crippen LogP contribution in [0.1, 0.15) is 15.9 Å². The zero-order valence-corrected chi connectivity index (χ0v) is 15.3. The van der Waals surface area contributed by atoms with Crippen LogP contribution in [-0.4, -0.2) is 11.0 Å². The lowest BCUT2D eigenvalue weighted by Crippen LogP contribution is -2.34. The average Bonchev–Trinajstić information content (AvgIpc) is 2.49. The molecule has 0 spiro atoms. The summed E-state index contributed by atoms with van der Waals surface area (Å²) in [5.74, 6) is 0.104. The highest BCUT2D eigenvalue weighted by atomic mass is 79.9. The molecule has 4 nitrogen and oxygen atoms in total. The molecular weight excluding hydrogens is 383 g/mol. The van der Waals surface area contributed by atoms with Gasteiger partial charge < -0.3 is 9.84 Å². The van der Waals surface area contributed by atoms with Crippen LogP contribution in [0.3, 0.4) is 0 Å². The molecule has 1 amide bonds. The van der Waals surface area contributed by atoms with Crippen molar-refractivity contribution in [2.75, 3.05) is 5.32 Å². The molecule has 22 heavy (non-hydrogen) atoms. The molecule has 0 aliphatic rings. The number of hydrogen-bond donors (Lipinski definition) is 2. The first kappa shape index (κ1) is 16.9. The molecule has 2 aromatic carbocycles. The molecule has 2 rings (SSSR count). The number of carbonyl (C=O) groups excluding carboxylic acids is 1. The van der Waals surface area contributed by atoms with Crippen LogP contribution in [0.5, 0.6) is 5.75 Å². The van der Waals surface area contributed by atoms with Crippen LogP contribution in [0.2, 0.25) is 0 Å². The van der Waals surface area contributed by atoms with E-state index in [1.807, 2.05) is 31.2 Å². The van der Waals surface area contributed by atoms with Gasteiger partial charge in [-0.3, -0.25) is 10.1 Å². The standard InChI is InChI=1S/C15H14BrN2O2PS/c1-9-2-5-11(6-3-9)17-15(22)18-14(19)12-8-10(16)4-7-13(12)20-21/h2-8H,21H2,1H3,(H2,17,18,19,22). The Morgan fingerprint density at radius 3 is 2.55 bits per heavy atom. The minimum Gasteiger partial charge on any atom is -0.480 e. The summed E-state index contributed by atoms with van der Waals surface area (Å²) < 4.78 is 5.88. The Bertz CT molecular complexity index is 707. The van der Waals surface area contributed by atoms with Gasteiger partial charge in [0.15, 0.2) is 5.11 Å². The van der Waals surface area contributed by atoms with Crippen LogP contribution in [0.15, 0.2) is 46.9 Å². The molecule has 0 saturated carbocycles. The third kappa shape index (κ3) is 4.50. The summed E-state index contributed by atoms with van der Waals surface area (Å²) in [7, 11) is 2.12. The highest BCUT2D eigenvalue weighted by Gasteiger charge is 2.14. The number of amides is 1. The van der Waals surface area contributed by atoms with Crippen LogP contribution < -0.4 is 15.2 Å². The molecule has 114 valence electrons. The number of hydrogen-bond acceptors (Lipinski definition) is 3. The SMILES string of the molecule is Cc1ccc(NC(=S)NC(=O)c2cc(Br)ccc2OP)cc1. The number of thiocarbonyl (C=S) groups is 1. The summed E-state index contributed by atoms with van der Waals surface area (Å²) in [5, 5.41) is 5.82. The van der Waals surface area contributed by atoms with Gasteiger partial charge in [-0.25, -0.2) is 0 Å². The van der Waals surface area contributed by atoms with Crippen molar-refractivity contribution >= 4 is 54.3 Å². The molecule has 0 saturated heterocycles. The van der Waals surface area contributed by atoms with Crippen molar-refractivity contribution in [2.45, 2.75) is 6.92 Å². The van der Waals surface area contributed by atoms with Crippen molar-refractivity contribution < 1.29 is 9.32 Å². The van der Waals surface area contributed by atoms with E-state index in [-0.39, 0.29) is 11.0 Å². The smallest absolute Gasteiger partial charge is 0.261 e. The number of aryl methyl sites for hydroxylation is 1. The first-order valence-electron chi connectivity index (χ1n) is 6.35. The number of rotatable bonds is 3. The predicted molar refractivity (Wildman–Crippen MR) is 99.3 cm³/mol. The van der Waals surface area contributed by atoms with Gasteiger partial charge in [0.1, 0.15) is 5.75 Å². The summed E-state index contributed by atoms with van der Waals surface area (Å²) in [6, 6.07) is 12.9. The third-order valence-electron chi connectivity index (χ3n) is 2.85. The van der Waals surface area contributed by atoms with E-state index in [4.69, 9.17) is 16.7 Å². The molecule has 1 unspecified atom stereocenters. The van der Waals surface area contributed by atoms with Gasteiger partial charge in [-0.1, -0.05) is 33.6 Å². The Morgan fingerprint density at radius 2 is 1.91 bits per heavy atom. The lowest BCUT2D eigenvalue weighted by Gasteiger charge is -2.12. The Hall–Kier alpha value is -1.49. The van der Waals surface area contributed by atoms with Crippen molar-refractivity contribution in [1.29, 1.82) is 0 Å². The van der Waals surface area contributed by atoms with Crippen molar-refractivity contribution in [2.24, 2.45) is 0 Å². The second kappa shape index (κ2) is 7.68. The van der Waals surface area contributed by atoms with Crippen molar-refractivity contribution in [3.8, 4) is 5.75 Å². The maximum absolute atomic E-state index is 12.3. The molecule has 0 aromatic heterocycles. The first-order chi connectivity index (χ1) is 10.5. The Morgan fingerprint density at radius 1 is 1.23 bits per heavy atom. The molecule has 0 aliphatic heterocycles. The minimum atomic E-state index is -0.344. The molecule has 2 N–H and O–H groups in total. The second-order valence-corrected chi connectivity index (χ2v) is 6.09. The molecule has 1 atom stereocenters. The fourth-order valence-corrected chi connectivity index (χ4v) is 2.53. The van der Waals surface area contributed by atoms with Gasteiger partial charge in [0.05, 0.1) is 15.0 Å². The number of benzene rings is 2. The quantitative estimate of drug-likeness (QED) is 0.606. The Kier molecular flexibility index (Phi) is 5.89. The summed E-state index contributed by atoms with van der Waals surface area (Å²) in [6.45, 7) is 2.00. The number of nitrogens with one attached hydrogen (secondary N) is 2. The van der Waals surface area contributed by atoms with E-state index < -0.39 is 0 Å². The van der Waals surface area contributed by atoms with Crippen LogP contribution in [0.25, 0.3) is 0 Å². The van der Waals surface area contributed by atoms with Gasteiger partial charge in [-0.2, -0.15) is 0 Å². The summed E-state index contributed by atoms with van der Waals surface area (Å²) in [4.78, 5) is 12.3. The average molecular weight is 397 g/mol. The van der Waals surface area contributed by atoms with Crippen molar-refractivity contribution in [3.05, 3.63) is 58.1 Å². The molecule has 7 heteroatoms. The number of halogens is 1. The summed E-state index contributed by atoms with van der Waals surface area (Å²) >= 11 is 8.49. The zero-order chi connectivity index (χ0) is 16.1. The van der Waals surface area contributed by atoms with Crippen LogP contribution in [0.4, 0.5) is 5.69 Å². The van der Waals surface area contributed by atoms with Gasteiger partial charge in [0, 0.05) is 10.2 Å². The third-order valence-corrected chi connectivity index (χ3v) is 3.80. The molecular formula is C15H14BrN2O2PS. The van der Waals surface area contributed by atoms with E-state index >= 15 is 0 Å². The van der Waals surface area contributed by atoms with E-state index in [0.717, 1.165) is 15.7 Å². The van der Waals surface area contributed by atoms with Gasteiger partial charge in [0.2, 0.25) is 0 Å². The number of carbonyl (C=O) groups is 1.